The second-order valence-electron chi connectivity index (χ2n) is 5.31. The van der Waals surface area contributed by atoms with Crippen molar-refractivity contribution in [1.29, 1.82) is 0 Å². The summed E-state index contributed by atoms with van der Waals surface area (Å²) in [6.07, 6.45) is 3.93. The van der Waals surface area contributed by atoms with E-state index in [0.29, 0.717) is 24.4 Å². The van der Waals surface area contributed by atoms with Gasteiger partial charge in [0.15, 0.2) is 5.96 Å². The Morgan fingerprint density at radius 2 is 2.12 bits per heavy atom. The number of guanidine groups is 1. The molecule has 6 heteroatoms. The summed E-state index contributed by atoms with van der Waals surface area (Å²) in [5, 5.41) is 6.11. The molecule has 0 aliphatic carbocycles. The third kappa shape index (κ3) is 6.73. The van der Waals surface area contributed by atoms with Crippen LogP contribution < -0.4 is 15.4 Å². The van der Waals surface area contributed by atoms with E-state index in [1.165, 1.54) is 0 Å². The topological polar surface area (TPSA) is 66.0 Å². The molecule has 0 fully saturated rings. The normalized spacial score (nSPS) is 10.9. The Labute approximate surface area is 144 Å². The van der Waals surface area contributed by atoms with E-state index in [9.17, 15) is 4.79 Å². The summed E-state index contributed by atoms with van der Waals surface area (Å²) in [6.45, 7) is 5.74. The molecule has 0 heterocycles. The summed E-state index contributed by atoms with van der Waals surface area (Å²) < 4.78 is 5.12. The van der Waals surface area contributed by atoms with E-state index in [1.807, 2.05) is 19.2 Å². The molecule has 6 nitrogen and oxygen atoms in total. The summed E-state index contributed by atoms with van der Waals surface area (Å²) >= 11 is 0. The van der Waals surface area contributed by atoms with Crippen LogP contribution in [-0.2, 0) is 0 Å². The monoisotopic (exact) mass is 332 g/mol. The van der Waals surface area contributed by atoms with Crippen molar-refractivity contribution in [3.05, 3.63) is 42.5 Å². The van der Waals surface area contributed by atoms with Gasteiger partial charge >= 0.3 is 0 Å². The van der Waals surface area contributed by atoms with E-state index in [-0.39, 0.29) is 5.91 Å². The van der Waals surface area contributed by atoms with Gasteiger partial charge in [-0.3, -0.25) is 9.79 Å². The molecule has 1 aromatic rings. The largest absolute Gasteiger partial charge is 0.497 e. The summed E-state index contributed by atoms with van der Waals surface area (Å²) in [7, 11) is 5.33. The van der Waals surface area contributed by atoms with Crippen LogP contribution in [0.1, 0.15) is 23.2 Å². The SMILES string of the molecule is C=CCCCN(C)C(=NC)NCCNC(=O)c1cccc(OC)c1. The fraction of sp³-hybridized carbons (Fsp3) is 0.444. The van der Waals surface area contributed by atoms with Crippen molar-refractivity contribution in [1.82, 2.24) is 15.5 Å². The Morgan fingerprint density at radius 1 is 1.38 bits per heavy atom. The van der Waals surface area contributed by atoms with Crippen LogP contribution in [0.15, 0.2) is 41.9 Å². The van der Waals surface area contributed by atoms with Crippen molar-refractivity contribution in [2.75, 3.05) is 40.8 Å². The van der Waals surface area contributed by atoms with Crippen LogP contribution in [0.5, 0.6) is 5.75 Å². The number of nitrogens with one attached hydrogen (secondary N) is 2. The van der Waals surface area contributed by atoms with Gasteiger partial charge < -0.3 is 20.3 Å². The smallest absolute Gasteiger partial charge is 0.251 e. The molecule has 24 heavy (non-hydrogen) atoms. The van der Waals surface area contributed by atoms with Crippen molar-refractivity contribution < 1.29 is 9.53 Å². The lowest BCUT2D eigenvalue weighted by atomic mass is 10.2. The van der Waals surface area contributed by atoms with Crippen LogP contribution in [0.25, 0.3) is 0 Å². The third-order valence-electron chi connectivity index (χ3n) is 3.50. The first-order valence-electron chi connectivity index (χ1n) is 8.07. The number of hydrogen-bond acceptors (Lipinski definition) is 3. The number of carbonyl (C=O) groups excluding carboxylic acids is 1. The predicted molar refractivity (Wildman–Crippen MR) is 98.7 cm³/mol. The zero-order valence-corrected chi connectivity index (χ0v) is 14.8. The van der Waals surface area contributed by atoms with Crippen LogP contribution in [0.3, 0.4) is 0 Å². The van der Waals surface area contributed by atoms with Gasteiger partial charge in [-0.1, -0.05) is 12.1 Å². The lowest BCUT2D eigenvalue weighted by Gasteiger charge is -2.21. The van der Waals surface area contributed by atoms with Crippen LogP contribution in [-0.4, -0.2) is 57.6 Å². The summed E-state index contributed by atoms with van der Waals surface area (Å²) in [6, 6.07) is 7.09. The molecule has 1 aromatic carbocycles. The van der Waals surface area contributed by atoms with Crippen LogP contribution >= 0.6 is 0 Å². The number of amides is 1. The molecule has 132 valence electrons. The van der Waals surface area contributed by atoms with Gasteiger partial charge in [0.2, 0.25) is 0 Å². The van der Waals surface area contributed by atoms with Crippen molar-refractivity contribution in [2.24, 2.45) is 4.99 Å². The average molecular weight is 332 g/mol. The van der Waals surface area contributed by atoms with E-state index in [0.717, 1.165) is 25.3 Å². The number of allylic oxidation sites excluding steroid dienone is 1. The Kier molecular flexibility index (Phi) is 9.04. The zero-order valence-electron chi connectivity index (χ0n) is 14.8. The molecule has 0 aliphatic heterocycles. The summed E-state index contributed by atoms with van der Waals surface area (Å²) in [4.78, 5) is 18.4. The van der Waals surface area contributed by atoms with Gasteiger partial charge in [0.05, 0.1) is 7.11 Å². The predicted octanol–water partition coefficient (Wildman–Crippen LogP) is 1.90. The first-order chi connectivity index (χ1) is 11.6. The number of nitrogens with zero attached hydrogens (tertiary/aromatic N) is 2. The van der Waals surface area contributed by atoms with E-state index in [2.05, 4.69) is 27.1 Å². The molecule has 0 aromatic heterocycles. The number of rotatable bonds is 9. The van der Waals surface area contributed by atoms with Crippen LogP contribution in [0.2, 0.25) is 0 Å². The van der Waals surface area contributed by atoms with E-state index < -0.39 is 0 Å². The van der Waals surface area contributed by atoms with Crippen LogP contribution in [0, 0.1) is 0 Å². The highest BCUT2D eigenvalue weighted by molar-refractivity contribution is 5.94. The minimum absolute atomic E-state index is 0.120. The molecule has 0 atom stereocenters. The standard InChI is InChI=1S/C18H28N4O2/c1-5-6-7-13-22(3)18(19-2)21-12-11-20-17(23)15-9-8-10-16(14-15)24-4/h5,8-10,14H,1,6-7,11-13H2,2-4H3,(H,19,21)(H,20,23). The summed E-state index contributed by atoms with van der Waals surface area (Å²) in [5.74, 6) is 1.36. The quantitative estimate of drug-likeness (QED) is 0.314. The van der Waals surface area contributed by atoms with Gasteiger partial charge in [0.1, 0.15) is 5.75 Å². The van der Waals surface area contributed by atoms with Crippen LogP contribution in [0.4, 0.5) is 0 Å². The lowest BCUT2D eigenvalue weighted by molar-refractivity contribution is 0.0954. The van der Waals surface area contributed by atoms with E-state index in [1.54, 1.807) is 32.4 Å². The highest BCUT2D eigenvalue weighted by Crippen LogP contribution is 2.12. The number of methoxy groups -OCH3 is 1. The molecule has 0 spiro atoms. The van der Waals surface area contributed by atoms with Gasteiger partial charge in [0, 0.05) is 39.3 Å². The second kappa shape index (κ2) is 11.1. The number of unbranched alkanes of at least 4 members (excludes halogenated alkanes) is 1. The van der Waals surface area contributed by atoms with E-state index >= 15 is 0 Å². The van der Waals surface area contributed by atoms with Gasteiger partial charge in [-0.05, 0) is 31.0 Å². The van der Waals surface area contributed by atoms with Crippen molar-refractivity contribution in [3.63, 3.8) is 0 Å². The third-order valence-corrected chi connectivity index (χ3v) is 3.50. The molecular formula is C18H28N4O2. The molecule has 0 saturated carbocycles. The Balaban J connectivity index is 2.35. The number of benzene rings is 1. The van der Waals surface area contributed by atoms with Crippen molar-refractivity contribution >= 4 is 11.9 Å². The second-order valence-corrected chi connectivity index (χ2v) is 5.31. The zero-order chi connectivity index (χ0) is 17.8. The molecule has 1 amide bonds. The highest BCUT2D eigenvalue weighted by atomic mass is 16.5. The Morgan fingerprint density at radius 3 is 2.79 bits per heavy atom. The van der Waals surface area contributed by atoms with Gasteiger partial charge in [0.25, 0.3) is 5.91 Å². The van der Waals surface area contributed by atoms with Gasteiger partial charge in [-0.25, -0.2) is 0 Å². The molecule has 0 unspecified atom stereocenters. The fourth-order valence-electron chi connectivity index (χ4n) is 2.18. The minimum atomic E-state index is -0.120. The maximum atomic E-state index is 12.1. The molecular weight excluding hydrogens is 304 g/mol. The highest BCUT2D eigenvalue weighted by Gasteiger charge is 2.07. The average Bonchev–Trinajstić information content (AvgIpc) is 2.61. The molecule has 0 aliphatic rings. The fourth-order valence-corrected chi connectivity index (χ4v) is 2.18. The number of ether oxygens (including phenoxy) is 1. The first kappa shape index (κ1) is 19.5. The number of carbonyl (C=O) groups is 1. The van der Waals surface area contributed by atoms with E-state index in [4.69, 9.17) is 4.74 Å². The Bertz CT molecular complexity index is 558. The maximum absolute atomic E-state index is 12.1. The number of aliphatic imine (C=N–C) groups is 1. The number of hydrogen-bond donors (Lipinski definition) is 2. The van der Waals surface area contributed by atoms with Crippen molar-refractivity contribution in [3.8, 4) is 5.75 Å². The molecule has 2 N–H and O–H groups in total. The molecule has 0 saturated heterocycles. The lowest BCUT2D eigenvalue weighted by Crippen LogP contribution is -2.42. The molecule has 0 radical (unpaired) electrons. The van der Waals surface area contributed by atoms with Crippen molar-refractivity contribution in [2.45, 2.75) is 12.8 Å². The summed E-state index contributed by atoms with van der Waals surface area (Å²) in [5.41, 5.74) is 0.584. The van der Waals surface area contributed by atoms with Gasteiger partial charge in [-0.2, -0.15) is 0 Å². The first-order valence-corrected chi connectivity index (χ1v) is 8.07. The molecule has 1 rings (SSSR count). The Hall–Kier alpha value is -2.50. The minimum Gasteiger partial charge on any atom is -0.497 e. The maximum Gasteiger partial charge on any atom is 0.251 e. The van der Waals surface area contributed by atoms with Gasteiger partial charge in [-0.15, -0.1) is 6.58 Å². The molecule has 0 bridgehead atoms.